The number of nitrogens with zero attached hydrogens (tertiary/aromatic N) is 1. The lowest BCUT2D eigenvalue weighted by molar-refractivity contribution is 0.139. The fourth-order valence-corrected chi connectivity index (χ4v) is 2.25. The Balaban J connectivity index is 1.89. The molecule has 100 valence electrons. The first-order valence-corrected chi connectivity index (χ1v) is 6.84. The second kappa shape index (κ2) is 6.88. The van der Waals surface area contributed by atoms with Crippen LogP contribution in [0.15, 0.2) is 24.3 Å². The molecule has 0 spiro atoms. The fraction of sp³-hybridized carbons (Fsp3) is 0.600. The molecule has 1 aliphatic rings. The van der Waals surface area contributed by atoms with Crippen molar-refractivity contribution < 1.29 is 4.74 Å². The van der Waals surface area contributed by atoms with Crippen LogP contribution in [0.5, 0.6) is 0 Å². The standard InChI is InChI=1S/C15H24N2O/c1-18-11-10-17(15-6-7-15)12-14-4-2-13(3-5-14)8-9-16/h2-5,15H,6-12,16H2,1H3. The van der Waals surface area contributed by atoms with Crippen molar-refractivity contribution >= 4 is 0 Å². The van der Waals surface area contributed by atoms with Crippen molar-refractivity contribution in [2.45, 2.75) is 31.8 Å². The molecule has 2 rings (SSSR count). The van der Waals surface area contributed by atoms with Crippen molar-refractivity contribution in [3.63, 3.8) is 0 Å². The molecule has 0 radical (unpaired) electrons. The van der Waals surface area contributed by atoms with E-state index in [9.17, 15) is 0 Å². The summed E-state index contributed by atoms with van der Waals surface area (Å²) in [6, 6.07) is 9.64. The van der Waals surface area contributed by atoms with Crippen LogP contribution in [0.2, 0.25) is 0 Å². The summed E-state index contributed by atoms with van der Waals surface area (Å²) < 4.78 is 5.18. The van der Waals surface area contributed by atoms with Crippen LogP contribution in [-0.2, 0) is 17.7 Å². The highest BCUT2D eigenvalue weighted by molar-refractivity contribution is 5.23. The molecule has 2 N–H and O–H groups in total. The van der Waals surface area contributed by atoms with Crippen molar-refractivity contribution in [2.75, 3.05) is 26.8 Å². The van der Waals surface area contributed by atoms with E-state index in [0.29, 0.717) is 0 Å². The number of rotatable bonds is 8. The Morgan fingerprint density at radius 2 is 1.89 bits per heavy atom. The van der Waals surface area contributed by atoms with E-state index in [2.05, 4.69) is 29.2 Å². The third-order valence-corrected chi connectivity index (χ3v) is 3.49. The van der Waals surface area contributed by atoms with Crippen molar-refractivity contribution in [2.24, 2.45) is 5.73 Å². The lowest BCUT2D eigenvalue weighted by atomic mass is 10.1. The van der Waals surface area contributed by atoms with E-state index < -0.39 is 0 Å². The van der Waals surface area contributed by atoms with Gasteiger partial charge in [-0.2, -0.15) is 0 Å². The molecule has 0 atom stereocenters. The van der Waals surface area contributed by atoms with Crippen molar-refractivity contribution in [3.05, 3.63) is 35.4 Å². The molecule has 1 aromatic carbocycles. The second-order valence-electron chi connectivity index (χ2n) is 5.05. The van der Waals surface area contributed by atoms with Gasteiger partial charge in [0.1, 0.15) is 0 Å². The Hall–Kier alpha value is -0.900. The zero-order chi connectivity index (χ0) is 12.8. The molecule has 0 aromatic heterocycles. The minimum atomic E-state index is 0.724. The van der Waals surface area contributed by atoms with Gasteiger partial charge in [0, 0.05) is 26.2 Å². The molecule has 1 aromatic rings. The van der Waals surface area contributed by atoms with Gasteiger partial charge in [-0.1, -0.05) is 24.3 Å². The maximum atomic E-state index is 5.56. The summed E-state index contributed by atoms with van der Waals surface area (Å²) in [5.41, 5.74) is 8.28. The van der Waals surface area contributed by atoms with E-state index in [-0.39, 0.29) is 0 Å². The monoisotopic (exact) mass is 248 g/mol. The van der Waals surface area contributed by atoms with Crippen molar-refractivity contribution in [1.29, 1.82) is 0 Å². The van der Waals surface area contributed by atoms with Gasteiger partial charge in [-0.25, -0.2) is 0 Å². The molecule has 0 bridgehead atoms. The molecule has 0 unspecified atom stereocenters. The minimum Gasteiger partial charge on any atom is -0.383 e. The van der Waals surface area contributed by atoms with Gasteiger partial charge in [0.15, 0.2) is 0 Å². The van der Waals surface area contributed by atoms with Crippen molar-refractivity contribution in [1.82, 2.24) is 4.90 Å². The Morgan fingerprint density at radius 3 is 2.44 bits per heavy atom. The van der Waals surface area contributed by atoms with Crippen LogP contribution in [-0.4, -0.2) is 37.7 Å². The van der Waals surface area contributed by atoms with Crippen LogP contribution >= 0.6 is 0 Å². The Bertz CT molecular complexity index is 346. The predicted octanol–water partition coefficient (Wildman–Crippen LogP) is 1.80. The highest BCUT2D eigenvalue weighted by Crippen LogP contribution is 2.28. The smallest absolute Gasteiger partial charge is 0.0589 e. The molecule has 1 aliphatic carbocycles. The lowest BCUT2D eigenvalue weighted by Gasteiger charge is -2.21. The van der Waals surface area contributed by atoms with E-state index in [1.807, 2.05) is 0 Å². The maximum absolute atomic E-state index is 5.56. The van der Waals surface area contributed by atoms with E-state index in [1.165, 1.54) is 24.0 Å². The molecular formula is C15H24N2O. The number of nitrogens with two attached hydrogens (primary N) is 1. The van der Waals surface area contributed by atoms with Gasteiger partial charge in [-0.15, -0.1) is 0 Å². The Kier molecular flexibility index (Phi) is 5.17. The van der Waals surface area contributed by atoms with Crippen LogP contribution in [0.1, 0.15) is 24.0 Å². The number of benzene rings is 1. The summed E-state index contributed by atoms with van der Waals surface area (Å²) in [4.78, 5) is 2.53. The van der Waals surface area contributed by atoms with E-state index >= 15 is 0 Å². The van der Waals surface area contributed by atoms with Gasteiger partial charge in [-0.05, 0) is 36.9 Å². The first-order chi connectivity index (χ1) is 8.83. The molecule has 1 fully saturated rings. The highest BCUT2D eigenvalue weighted by atomic mass is 16.5. The molecule has 0 amide bonds. The summed E-state index contributed by atoms with van der Waals surface area (Å²) in [5, 5.41) is 0. The van der Waals surface area contributed by atoms with E-state index in [1.54, 1.807) is 7.11 Å². The second-order valence-corrected chi connectivity index (χ2v) is 5.05. The summed E-state index contributed by atoms with van der Waals surface area (Å²) >= 11 is 0. The summed E-state index contributed by atoms with van der Waals surface area (Å²) in [5.74, 6) is 0. The molecule has 1 saturated carbocycles. The predicted molar refractivity (Wildman–Crippen MR) is 74.5 cm³/mol. The SMILES string of the molecule is COCCN(Cc1ccc(CCN)cc1)C1CC1. The van der Waals surface area contributed by atoms with Crippen LogP contribution in [0, 0.1) is 0 Å². The quantitative estimate of drug-likeness (QED) is 0.762. The molecule has 0 heterocycles. The van der Waals surface area contributed by atoms with Gasteiger partial charge >= 0.3 is 0 Å². The zero-order valence-electron chi connectivity index (χ0n) is 11.3. The summed E-state index contributed by atoms with van der Waals surface area (Å²) in [6.07, 6.45) is 3.65. The number of ether oxygens (including phenoxy) is 1. The summed E-state index contributed by atoms with van der Waals surface area (Å²) in [6.45, 7) is 3.62. The number of hydrogen-bond donors (Lipinski definition) is 1. The topological polar surface area (TPSA) is 38.5 Å². The van der Waals surface area contributed by atoms with Crippen LogP contribution in [0.4, 0.5) is 0 Å². The average molecular weight is 248 g/mol. The van der Waals surface area contributed by atoms with Gasteiger partial charge in [-0.3, -0.25) is 4.90 Å². The number of hydrogen-bond acceptors (Lipinski definition) is 3. The minimum absolute atomic E-state index is 0.724. The lowest BCUT2D eigenvalue weighted by Crippen LogP contribution is -2.29. The summed E-state index contributed by atoms with van der Waals surface area (Å²) in [7, 11) is 1.77. The highest BCUT2D eigenvalue weighted by Gasteiger charge is 2.28. The Morgan fingerprint density at radius 1 is 1.22 bits per heavy atom. The average Bonchev–Trinajstić information content (AvgIpc) is 3.21. The molecular weight excluding hydrogens is 224 g/mol. The van der Waals surface area contributed by atoms with E-state index in [4.69, 9.17) is 10.5 Å². The normalized spacial score (nSPS) is 15.3. The van der Waals surface area contributed by atoms with Gasteiger partial charge in [0.05, 0.1) is 6.61 Å². The van der Waals surface area contributed by atoms with Gasteiger partial charge in [0.2, 0.25) is 0 Å². The van der Waals surface area contributed by atoms with Crippen LogP contribution in [0.25, 0.3) is 0 Å². The third kappa shape index (κ3) is 4.09. The van der Waals surface area contributed by atoms with Crippen LogP contribution < -0.4 is 5.73 Å². The van der Waals surface area contributed by atoms with Crippen LogP contribution in [0.3, 0.4) is 0 Å². The molecule has 0 saturated heterocycles. The van der Waals surface area contributed by atoms with E-state index in [0.717, 1.165) is 38.7 Å². The molecule has 0 aliphatic heterocycles. The van der Waals surface area contributed by atoms with Gasteiger partial charge in [0.25, 0.3) is 0 Å². The fourth-order valence-electron chi connectivity index (χ4n) is 2.25. The van der Waals surface area contributed by atoms with Crippen molar-refractivity contribution in [3.8, 4) is 0 Å². The first kappa shape index (κ1) is 13.5. The molecule has 3 heteroatoms. The molecule has 18 heavy (non-hydrogen) atoms. The van der Waals surface area contributed by atoms with Gasteiger partial charge < -0.3 is 10.5 Å². The Labute approximate surface area is 110 Å². The number of methoxy groups -OCH3 is 1. The largest absolute Gasteiger partial charge is 0.383 e. The molecule has 3 nitrogen and oxygen atoms in total. The zero-order valence-corrected chi connectivity index (χ0v) is 11.3. The maximum Gasteiger partial charge on any atom is 0.0589 e. The first-order valence-electron chi connectivity index (χ1n) is 6.84. The third-order valence-electron chi connectivity index (χ3n) is 3.49.